The molecule has 0 radical (unpaired) electrons. The molecule has 5 heteroatoms. The molecule has 1 atom stereocenters. The van der Waals surface area contributed by atoms with Gasteiger partial charge in [-0.1, -0.05) is 152 Å². The molecule has 8 rings (SSSR count). The van der Waals surface area contributed by atoms with Crippen molar-refractivity contribution in [1.82, 2.24) is 0 Å². The number of rotatable bonds is 10. The van der Waals surface area contributed by atoms with Gasteiger partial charge in [-0.2, -0.15) is 24.6 Å². The summed E-state index contributed by atoms with van der Waals surface area (Å²) in [6, 6.07) is 63.8. The fourth-order valence-electron chi connectivity index (χ4n) is 7.92. The molecule has 8 aromatic carbocycles. The van der Waals surface area contributed by atoms with Gasteiger partial charge in [-0.15, -0.1) is 17.0 Å². The van der Waals surface area contributed by atoms with E-state index in [1.165, 1.54) is 48.6 Å². The first-order valence-electron chi connectivity index (χ1n) is 19.4. The summed E-state index contributed by atoms with van der Waals surface area (Å²) in [5.74, 6) is 1.78. The Morgan fingerprint density at radius 2 is 0.931 bits per heavy atom. The summed E-state index contributed by atoms with van der Waals surface area (Å²) in [5.41, 5.74) is 13.7. The number of methoxy groups -OCH3 is 2. The molecule has 0 saturated heterocycles. The summed E-state index contributed by atoms with van der Waals surface area (Å²) >= 11 is 0. The molecular formula is C53H52NO2PRu-2. The topological polar surface area (TPSA) is 42.3 Å². The number of nitrogens with one attached hydrogen (secondary N) is 1. The number of fused-ring (bicyclic) bond motifs is 2. The van der Waals surface area contributed by atoms with Crippen molar-refractivity contribution in [2.75, 3.05) is 14.2 Å². The normalized spacial score (nSPS) is 11.8. The summed E-state index contributed by atoms with van der Waals surface area (Å²) in [5, 5.41) is 9.24. The second-order valence-electron chi connectivity index (χ2n) is 14.8. The van der Waals surface area contributed by atoms with Crippen LogP contribution < -0.4 is 25.4 Å². The van der Waals surface area contributed by atoms with E-state index in [2.05, 4.69) is 161 Å². The van der Waals surface area contributed by atoms with Crippen molar-refractivity contribution in [2.24, 2.45) is 5.92 Å². The van der Waals surface area contributed by atoms with E-state index in [4.69, 9.17) is 15.2 Å². The molecule has 0 amide bonds. The van der Waals surface area contributed by atoms with Crippen LogP contribution in [-0.4, -0.2) is 20.3 Å². The Labute approximate surface area is 358 Å². The van der Waals surface area contributed by atoms with Crippen molar-refractivity contribution in [3.8, 4) is 22.6 Å². The van der Waals surface area contributed by atoms with Crippen molar-refractivity contribution in [3.63, 3.8) is 0 Å². The maximum atomic E-state index is 8.73. The first-order valence-corrected chi connectivity index (χ1v) is 20.9. The van der Waals surface area contributed by atoms with Gasteiger partial charge in [0.05, 0.1) is 27.4 Å². The second kappa shape index (κ2) is 19.0. The molecule has 0 unspecified atom stereocenters. The van der Waals surface area contributed by atoms with Gasteiger partial charge in [-0.25, -0.2) is 0 Å². The summed E-state index contributed by atoms with van der Waals surface area (Å²) in [6.07, 6.45) is 0. The molecule has 0 spiro atoms. The SMILES string of the molecule is [CH2-]C(c1ccc(OC)cc1)(c1ccc(OC)cc1)[C@H]([NH-])C(C)C.[CH2-]c1ccc2ccccc2c1-c1c([PH+](c2ccccc2)c2ccccc2)ccc2ccccc12.[RuH2]. The van der Waals surface area contributed by atoms with Gasteiger partial charge in [0.15, 0.2) is 0 Å². The maximum absolute atomic E-state index is 8.73. The molecule has 296 valence electrons. The molecule has 0 fully saturated rings. The van der Waals surface area contributed by atoms with E-state index in [9.17, 15) is 0 Å². The molecule has 1 N–H and O–H groups in total. The van der Waals surface area contributed by atoms with E-state index in [-0.39, 0.29) is 31.4 Å². The third kappa shape index (κ3) is 8.62. The summed E-state index contributed by atoms with van der Waals surface area (Å²) < 4.78 is 10.5. The third-order valence-corrected chi connectivity index (χ3v) is 13.8. The standard InChI is InChI=1S/C33H24P.C20H25NO2.Ru.2H/c1-24-20-21-25-12-8-10-18-29(25)32(24)33-30-19-11-9-13-26(30)22-23-31(33)34(27-14-4-2-5-15-27)28-16-6-3-7-17-28;1-14(2)19(21)20(3,15-6-10-17(22-4)11-7-15)16-8-12-18(23-5)13-9-16;;;/h2-23H,1H2;6-14,19,21H,3H2,1-2,4-5H3;;;/q-1;-2;;;/p+1/t;19-;;;/m.1.../s1. The number of ether oxygens (including phenoxy) is 2. The van der Waals surface area contributed by atoms with Gasteiger partial charge >= 0.3 is 19.5 Å². The van der Waals surface area contributed by atoms with E-state index in [0.717, 1.165) is 28.2 Å². The Morgan fingerprint density at radius 3 is 1.38 bits per heavy atom. The van der Waals surface area contributed by atoms with Gasteiger partial charge in [0.25, 0.3) is 0 Å². The van der Waals surface area contributed by atoms with Crippen LogP contribution in [0.3, 0.4) is 0 Å². The molecule has 0 aliphatic rings. The predicted molar refractivity (Wildman–Crippen MR) is 249 cm³/mol. The van der Waals surface area contributed by atoms with Crippen molar-refractivity contribution in [2.45, 2.75) is 25.3 Å². The Hall–Kier alpha value is -5.24. The van der Waals surface area contributed by atoms with Crippen molar-refractivity contribution in [1.29, 1.82) is 0 Å². The van der Waals surface area contributed by atoms with Crippen LogP contribution in [0.25, 0.3) is 38.4 Å². The first kappa shape index (κ1) is 42.4. The number of hydrogen-bond donors (Lipinski definition) is 0. The average Bonchev–Trinajstić information content (AvgIpc) is 3.27. The third-order valence-electron chi connectivity index (χ3n) is 11.0. The van der Waals surface area contributed by atoms with Gasteiger partial charge < -0.3 is 22.1 Å². The van der Waals surface area contributed by atoms with Gasteiger partial charge in [-0.05, 0) is 76.3 Å². The van der Waals surface area contributed by atoms with Crippen molar-refractivity contribution < 1.29 is 29.0 Å². The molecule has 58 heavy (non-hydrogen) atoms. The van der Waals surface area contributed by atoms with Gasteiger partial charge in [0.1, 0.15) is 22.1 Å². The van der Waals surface area contributed by atoms with Gasteiger partial charge in [0, 0.05) is 0 Å². The Morgan fingerprint density at radius 1 is 0.517 bits per heavy atom. The summed E-state index contributed by atoms with van der Waals surface area (Å²) in [4.78, 5) is 0. The van der Waals surface area contributed by atoms with E-state index in [1.54, 1.807) is 14.2 Å². The van der Waals surface area contributed by atoms with Crippen LogP contribution >= 0.6 is 7.92 Å². The molecule has 3 nitrogen and oxygen atoms in total. The Balaban J connectivity index is 0.000000208. The molecule has 0 saturated carbocycles. The van der Waals surface area contributed by atoms with Gasteiger partial charge in [-0.3, -0.25) is 0 Å². The number of hydrogen-bond acceptors (Lipinski definition) is 2. The van der Waals surface area contributed by atoms with Crippen LogP contribution in [0.1, 0.15) is 30.5 Å². The van der Waals surface area contributed by atoms with Gasteiger partial charge in [0.2, 0.25) is 0 Å². The van der Waals surface area contributed by atoms with Crippen molar-refractivity contribution >= 4 is 45.4 Å². The number of benzene rings is 8. The van der Waals surface area contributed by atoms with E-state index in [1.807, 2.05) is 48.5 Å². The Kier molecular flexibility index (Phi) is 13.9. The van der Waals surface area contributed by atoms with E-state index >= 15 is 0 Å². The zero-order chi connectivity index (χ0) is 39.9. The fraction of sp³-hybridized carbons (Fsp3) is 0.132. The second-order valence-corrected chi connectivity index (χ2v) is 17.2. The fourth-order valence-corrected chi connectivity index (χ4v) is 10.7. The predicted octanol–water partition coefficient (Wildman–Crippen LogP) is 11.7. The van der Waals surface area contributed by atoms with E-state index in [0.29, 0.717) is 0 Å². The van der Waals surface area contributed by atoms with Crippen LogP contribution in [0.5, 0.6) is 11.5 Å². The van der Waals surface area contributed by atoms with Crippen LogP contribution in [0.2, 0.25) is 0 Å². The van der Waals surface area contributed by atoms with Crippen LogP contribution in [-0.2, 0) is 24.9 Å². The quantitative estimate of drug-likeness (QED) is 0.0781. The molecule has 0 bridgehead atoms. The minimum absolute atomic E-state index is 0. The van der Waals surface area contributed by atoms with Crippen LogP contribution in [0.4, 0.5) is 0 Å². The van der Waals surface area contributed by atoms with E-state index < -0.39 is 13.3 Å². The molecule has 0 heterocycles. The zero-order valence-corrected chi connectivity index (χ0v) is 36.6. The monoisotopic (exact) mass is 867 g/mol. The minimum atomic E-state index is -1.26. The molecule has 0 aromatic heterocycles. The summed E-state index contributed by atoms with van der Waals surface area (Å²) in [6.45, 7) is 13.1. The van der Waals surface area contributed by atoms with Crippen LogP contribution in [0.15, 0.2) is 182 Å². The molecule has 8 aromatic rings. The Bertz CT molecular complexity index is 2470. The zero-order valence-electron chi connectivity index (χ0n) is 33.6. The van der Waals surface area contributed by atoms with Crippen molar-refractivity contribution in [3.05, 3.63) is 218 Å². The van der Waals surface area contributed by atoms with Crippen LogP contribution in [0, 0.1) is 19.8 Å². The summed E-state index contributed by atoms with van der Waals surface area (Å²) in [7, 11) is 2.04. The average molecular weight is 867 g/mol. The molecular weight excluding hydrogens is 815 g/mol. The first-order chi connectivity index (χ1) is 27.7. The molecule has 0 aliphatic carbocycles. The molecule has 0 aliphatic heterocycles.